The van der Waals surface area contributed by atoms with E-state index in [4.69, 9.17) is 14.0 Å². The van der Waals surface area contributed by atoms with Gasteiger partial charge in [-0.3, -0.25) is 4.90 Å². The molecule has 4 rings (SSSR count). The van der Waals surface area contributed by atoms with Crippen molar-refractivity contribution in [2.45, 2.75) is 26.3 Å². The van der Waals surface area contributed by atoms with Crippen molar-refractivity contribution in [3.05, 3.63) is 71.2 Å². The Bertz CT molecular complexity index is 1140. The predicted octanol–water partition coefficient (Wildman–Crippen LogP) is 4.59. The van der Waals surface area contributed by atoms with Crippen molar-refractivity contribution in [2.75, 3.05) is 27.4 Å². The fourth-order valence-corrected chi connectivity index (χ4v) is 3.89. The summed E-state index contributed by atoms with van der Waals surface area (Å²) in [6.07, 6.45) is 0.713. The van der Waals surface area contributed by atoms with E-state index < -0.39 is 6.04 Å². The number of ether oxygens (including phenoxy) is 2. The average Bonchev–Trinajstić information content (AvgIpc) is 3.31. The van der Waals surface area contributed by atoms with Crippen molar-refractivity contribution in [2.24, 2.45) is 0 Å². The fourth-order valence-electron chi connectivity index (χ4n) is 3.89. The molecule has 0 fully saturated rings. The molecule has 1 aliphatic rings. The zero-order valence-electron chi connectivity index (χ0n) is 19.3. The van der Waals surface area contributed by atoms with Gasteiger partial charge in [0.05, 0.1) is 18.7 Å². The molecular weight excluding hydrogens is 420 g/mol. The fraction of sp³-hybridized carbons (Fsp3) is 0.320. The Labute approximate surface area is 193 Å². The van der Waals surface area contributed by atoms with Gasteiger partial charge in [-0.1, -0.05) is 35.0 Å². The zero-order chi connectivity index (χ0) is 23.4. The van der Waals surface area contributed by atoms with Crippen LogP contribution in [-0.4, -0.2) is 48.4 Å². The van der Waals surface area contributed by atoms with Gasteiger partial charge in [0.25, 0.3) is 5.89 Å². The van der Waals surface area contributed by atoms with Gasteiger partial charge < -0.3 is 19.3 Å². The molecular formula is C25H28N4O4. The largest absolute Gasteiger partial charge is 0.497 e. The first-order valence-corrected chi connectivity index (χ1v) is 10.8. The molecule has 1 N–H and O–H groups in total. The summed E-state index contributed by atoms with van der Waals surface area (Å²) in [5, 5.41) is 7.32. The predicted molar refractivity (Wildman–Crippen MR) is 125 cm³/mol. The number of aryl methyl sites for hydroxylation is 1. The Hall–Kier alpha value is -3.65. The van der Waals surface area contributed by atoms with E-state index in [1.807, 2.05) is 62.4 Å². The number of nitrogens with zero attached hydrogens (tertiary/aromatic N) is 3. The Balaban J connectivity index is 1.74. The first-order valence-electron chi connectivity index (χ1n) is 10.8. The van der Waals surface area contributed by atoms with Gasteiger partial charge in [0.1, 0.15) is 5.75 Å². The van der Waals surface area contributed by atoms with E-state index in [0.29, 0.717) is 31.3 Å². The monoisotopic (exact) mass is 448 g/mol. The molecule has 1 aromatic heterocycles. The van der Waals surface area contributed by atoms with E-state index in [1.54, 1.807) is 19.1 Å². The quantitative estimate of drug-likeness (QED) is 0.507. The molecule has 1 unspecified atom stereocenters. The summed E-state index contributed by atoms with van der Waals surface area (Å²) in [5.41, 5.74) is 4.47. The number of methoxy groups -OCH3 is 2. The lowest BCUT2D eigenvalue weighted by atomic mass is 9.94. The maximum absolute atomic E-state index is 13.0. The third kappa shape index (κ3) is 4.75. The van der Waals surface area contributed by atoms with E-state index in [1.165, 1.54) is 0 Å². The second kappa shape index (κ2) is 9.87. The topological polar surface area (TPSA) is 89.7 Å². The smallest absolute Gasteiger partial charge is 0.322 e. The molecule has 0 aliphatic carbocycles. The van der Waals surface area contributed by atoms with E-state index in [2.05, 4.69) is 15.5 Å². The Morgan fingerprint density at radius 2 is 1.79 bits per heavy atom. The summed E-state index contributed by atoms with van der Waals surface area (Å²) in [7, 11) is 3.27. The first kappa shape index (κ1) is 22.5. The van der Waals surface area contributed by atoms with Crippen LogP contribution in [0.3, 0.4) is 0 Å². The number of aromatic nitrogens is 2. The molecule has 1 aliphatic heterocycles. The molecule has 2 amide bonds. The minimum absolute atomic E-state index is 0.159. The number of rotatable bonds is 8. The summed E-state index contributed by atoms with van der Waals surface area (Å²) < 4.78 is 16.1. The third-order valence-electron chi connectivity index (χ3n) is 5.74. The number of nitrogens with one attached hydrogen (secondary N) is 1. The number of hydrogen-bond acceptors (Lipinski definition) is 6. The Morgan fingerprint density at radius 1 is 1.06 bits per heavy atom. The highest BCUT2D eigenvalue weighted by molar-refractivity contribution is 5.86. The van der Waals surface area contributed by atoms with Crippen LogP contribution in [0, 0.1) is 6.92 Å². The summed E-state index contributed by atoms with van der Waals surface area (Å²) in [5.74, 6) is 1.60. The van der Waals surface area contributed by atoms with Gasteiger partial charge in [0.2, 0.25) is 5.82 Å². The van der Waals surface area contributed by atoms with Gasteiger partial charge in [0.15, 0.2) is 0 Å². The van der Waals surface area contributed by atoms with Crippen molar-refractivity contribution < 1.29 is 18.8 Å². The van der Waals surface area contributed by atoms with Crippen LogP contribution in [0.15, 0.2) is 58.8 Å². The summed E-state index contributed by atoms with van der Waals surface area (Å²) in [6, 6.07) is 15.0. The van der Waals surface area contributed by atoms with Gasteiger partial charge in [-0.15, -0.1) is 0 Å². The number of hydrogen-bond donors (Lipinski definition) is 1. The Morgan fingerprint density at radius 3 is 2.45 bits per heavy atom. The lowest BCUT2D eigenvalue weighted by Gasteiger charge is -2.35. The van der Waals surface area contributed by atoms with Crippen LogP contribution < -0.4 is 10.1 Å². The standard InChI is InChI=1S/C25H28N4O4/c1-16-6-8-18(9-7-16)22-21(17(2)29(25(30)26-22)14-5-15-31-3)24-27-23(28-33-24)19-10-12-20(32-4)13-11-19/h6-13,22H,5,14-15H2,1-4H3,(H,26,30). The molecule has 2 heterocycles. The second-order valence-electron chi connectivity index (χ2n) is 7.94. The molecule has 0 radical (unpaired) electrons. The molecule has 1 atom stereocenters. The third-order valence-corrected chi connectivity index (χ3v) is 5.74. The lowest BCUT2D eigenvalue weighted by molar-refractivity contribution is 0.174. The second-order valence-corrected chi connectivity index (χ2v) is 7.94. The highest BCUT2D eigenvalue weighted by Gasteiger charge is 2.35. The molecule has 2 aromatic carbocycles. The molecule has 8 heteroatoms. The van der Waals surface area contributed by atoms with Crippen LogP contribution >= 0.6 is 0 Å². The van der Waals surface area contributed by atoms with Crippen molar-refractivity contribution in [1.82, 2.24) is 20.4 Å². The molecule has 33 heavy (non-hydrogen) atoms. The van der Waals surface area contributed by atoms with Crippen LogP contribution in [-0.2, 0) is 4.74 Å². The maximum Gasteiger partial charge on any atom is 0.322 e. The number of carbonyl (C=O) groups excluding carboxylic acids is 1. The number of benzene rings is 2. The molecule has 8 nitrogen and oxygen atoms in total. The van der Waals surface area contributed by atoms with Gasteiger partial charge >= 0.3 is 6.03 Å². The SMILES string of the molecule is COCCCN1C(=O)NC(c2ccc(C)cc2)C(c2nc(-c3ccc(OC)cc3)no2)=C1C. The van der Waals surface area contributed by atoms with Gasteiger partial charge in [-0.2, -0.15) is 4.98 Å². The summed E-state index contributed by atoms with van der Waals surface area (Å²) in [4.78, 5) is 19.4. The molecule has 3 aromatic rings. The molecule has 0 bridgehead atoms. The van der Waals surface area contributed by atoms with Gasteiger partial charge in [0, 0.05) is 31.5 Å². The van der Waals surface area contributed by atoms with E-state index >= 15 is 0 Å². The number of carbonyl (C=O) groups is 1. The van der Waals surface area contributed by atoms with Crippen molar-refractivity contribution in [3.8, 4) is 17.1 Å². The van der Waals surface area contributed by atoms with E-state index in [9.17, 15) is 4.79 Å². The van der Waals surface area contributed by atoms with E-state index in [0.717, 1.165) is 33.7 Å². The van der Waals surface area contributed by atoms with Crippen molar-refractivity contribution >= 4 is 11.6 Å². The molecule has 0 saturated carbocycles. The number of urea groups is 1. The van der Waals surface area contributed by atoms with Crippen LogP contribution in [0.25, 0.3) is 17.0 Å². The minimum Gasteiger partial charge on any atom is -0.497 e. The summed E-state index contributed by atoms with van der Waals surface area (Å²) >= 11 is 0. The lowest BCUT2D eigenvalue weighted by Crippen LogP contribution is -2.46. The minimum atomic E-state index is -0.402. The normalized spacial score (nSPS) is 16.2. The van der Waals surface area contributed by atoms with Gasteiger partial charge in [-0.25, -0.2) is 4.79 Å². The number of amides is 2. The molecule has 0 saturated heterocycles. The maximum atomic E-state index is 13.0. The Kier molecular flexibility index (Phi) is 6.74. The van der Waals surface area contributed by atoms with Gasteiger partial charge in [-0.05, 0) is 50.1 Å². The van der Waals surface area contributed by atoms with E-state index in [-0.39, 0.29) is 6.03 Å². The van der Waals surface area contributed by atoms with Crippen LogP contribution in [0.4, 0.5) is 4.79 Å². The summed E-state index contributed by atoms with van der Waals surface area (Å²) in [6.45, 7) is 5.03. The average molecular weight is 449 g/mol. The van der Waals surface area contributed by atoms with Crippen LogP contribution in [0.2, 0.25) is 0 Å². The van der Waals surface area contributed by atoms with Crippen molar-refractivity contribution in [1.29, 1.82) is 0 Å². The van der Waals surface area contributed by atoms with Crippen molar-refractivity contribution in [3.63, 3.8) is 0 Å². The van der Waals surface area contributed by atoms with Crippen LogP contribution in [0.5, 0.6) is 5.75 Å². The molecule has 0 spiro atoms. The first-order chi connectivity index (χ1) is 16.0. The highest BCUT2D eigenvalue weighted by Crippen LogP contribution is 2.37. The molecule has 172 valence electrons. The van der Waals surface area contributed by atoms with Crippen LogP contribution in [0.1, 0.15) is 36.4 Å². The highest BCUT2D eigenvalue weighted by atomic mass is 16.5. The zero-order valence-corrected chi connectivity index (χ0v) is 19.3. The number of allylic oxidation sites excluding steroid dienone is 1.